The van der Waals surface area contributed by atoms with Crippen LogP contribution in [0.4, 0.5) is 0 Å². The van der Waals surface area contributed by atoms with Gasteiger partial charge in [0.25, 0.3) is 5.91 Å². The van der Waals surface area contributed by atoms with E-state index in [2.05, 4.69) is 5.32 Å². The molecule has 2 amide bonds. The molecule has 3 N–H and O–H groups in total. The number of hydrogen-bond acceptors (Lipinski definition) is 3. The first-order valence-corrected chi connectivity index (χ1v) is 6.86. The lowest BCUT2D eigenvalue weighted by Gasteiger charge is -2.41. The van der Waals surface area contributed by atoms with E-state index in [9.17, 15) is 9.59 Å². The smallest absolute Gasteiger partial charge is 0.254 e. The Morgan fingerprint density at radius 3 is 2.60 bits per heavy atom. The van der Waals surface area contributed by atoms with E-state index in [-0.39, 0.29) is 11.8 Å². The summed E-state index contributed by atoms with van der Waals surface area (Å²) >= 11 is 0. The third-order valence-electron chi connectivity index (χ3n) is 3.73. The molecule has 0 unspecified atom stereocenters. The van der Waals surface area contributed by atoms with Gasteiger partial charge in [-0.25, -0.2) is 0 Å². The van der Waals surface area contributed by atoms with E-state index in [1.165, 1.54) is 0 Å². The van der Waals surface area contributed by atoms with Gasteiger partial charge in [0.15, 0.2) is 0 Å². The van der Waals surface area contributed by atoms with Crippen LogP contribution in [0.25, 0.3) is 0 Å². The molecule has 1 aromatic carbocycles. The second-order valence-electron chi connectivity index (χ2n) is 5.51. The molecule has 1 heterocycles. The minimum absolute atomic E-state index is 0.107. The second-order valence-corrected chi connectivity index (χ2v) is 5.51. The Morgan fingerprint density at radius 1 is 1.35 bits per heavy atom. The number of carbonyl (C=O) groups excluding carboxylic acids is 2. The van der Waals surface area contributed by atoms with E-state index in [4.69, 9.17) is 5.73 Å². The summed E-state index contributed by atoms with van der Waals surface area (Å²) in [4.78, 5) is 26.1. The molecule has 0 saturated carbocycles. The third-order valence-corrected chi connectivity index (χ3v) is 3.73. The van der Waals surface area contributed by atoms with Crippen molar-refractivity contribution < 1.29 is 9.59 Å². The van der Waals surface area contributed by atoms with Gasteiger partial charge in [-0.1, -0.05) is 12.1 Å². The van der Waals surface area contributed by atoms with E-state index < -0.39 is 5.54 Å². The Bertz CT molecular complexity index is 508. The summed E-state index contributed by atoms with van der Waals surface area (Å²) in [7, 11) is 0. The highest BCUT2D eigenvalue weighted by Gasteiger charge is 2.40. The summed E-state index contributed by atoms with van der Waals surface area (Å²) < 4.78 is 0. The number of nitrogens with one attached hydrogen (secondary N) is 1. The molecule has 0 radical (unpaired) electrons. The van der Waals surface area contributed by atoms with Gasteiger partial charge in [-0.15, -0.1) is 0 Å². The van der Waals surface area contributed by atoms with Crippen LogP contribution in [0.5, 0.6) is 0 Å². The molecule has 1 aromatic rings. The summed E-state index contributed by atoms with van der Waals surface area (Å²) in [5, 5.41) is 2.79. The highest BCUT2D eigenvalue weighted by atomic mass is 16.2. The van der Waals surface area contributed by atoms with E-state index >= 15 is 0 Å². The maximum atomic E-state index is 12.6. The number of benzene rings is 1. The molecular formula is C15H21N3O2. The molecule has 1 saturated heterocycles. The van der Waals surface area contributed by atoms with E-state index in [0.717, 1.165) is 12.0 Å². The van der Waals surface area contributed by atoms with Crippen LogP contribution in [0.15, 0.2) is 24.3 Å². The Labute approximate surface area is 119 Å². The zero-order valence-electron chi connectivity index (χ0n) is 12.0. The maximum absolute atomic E-state index is 12.6. The van der Waals surface area contributed by atoms with Crippen molar-refractivity contribution in [3.8, 4) is 0 Å². The highest BCUT2D eigenvalue weighted by Crippen LogP contribution is 2.20. The number of nitrogens with two attached hydrogens (primary N) is 1. The monoisotopic (exact) mass is 275 g/mol. The summed E-state index contributed by atoms with van der Waals surface area (Å²) in [6.45, 7) is 5.15. The van der Waals surface area contributed by atoms with Crippen LogP contribution in [0.3, 0.4) is 0 Å². The quantitative estimate of drug-likeness (QED) is 0.845. The van der Waals surface area contributed by atoms with Gasteiger partial charge in [0.1, 0.15) is 5.54 Å². The van der Waals surface area contributed by atoms with Crippen LogP contribution in [-0.4, -0.2) is 41.9 Å². The molecule has 0 atom stereocenters. The lowest BCUT2D eigenvalue weighted by Crippen LogP contribution is -2.63. The van der Waals surface area contributed by atoms with Gasteiger partial charge >= 0.3 is 0 Å². The van der Waals surface area contributed by atoms with Crippen molar-refractivity contribution in [2.24, 2.45) is 5.73 Å². The molecule has 0 aliphatic carbocycles. The minimum Gasteiger partial charge on any atom is -0.352 e. The van der Waals surface area contributed by atoms with Crippen molar-refractivity contribution in [3.63, 3.8) is 0 Å². The third kappa shape index (κ3) is 2.67. The van der Waals surface area contributed by atoms with Crippen molar-refractivity contribution in [1.82, 2.24) is 10.2 Å². The van der Waals surface area contributed by atoms with Gasteiger partial charge in [-0.05, 0) is 44.5 Å². The molecule has 1 aliphatic heterocycles. The molecule has 1 aliphatic rings. The predicted molar refractivity (Wildman–Crippen MR) is 77.3 cm³/mol. The SMILES string of the molecule is CC1(C)C(=O)NCCN1C(=O)c1ccc(CCN)cc1. The number of rotatable bonds is 3. The standard InChI is InChI=1S/C15H21N3O2/c1-15(2)14(20)17-9-10-18(15)13(19)12-5-3-11(4-6-12)7-8-16/h3-6H,7-10,16H2,1-2H3,(H,17,20). The van der Waals surface area contributed by atoms with Crippen molar-refractivity contribution in [2.75, 3.05) is 19.6 Å². The number of nitrogens with zero attached hydrogens (tertiary/aromatic N) is 1. The van der Waals surface area contributed by atoms with Gasteiger partial charge in [-0.2, -0.15) is 0 Å². The minimum atomic E-state index is -0.814. The topological polar surface area (TPSA) is 75.4 Å². The van der Waals surface area contributed by atoms with E-state index in [0.29, 0.717) is 25.2 Å². The second kappa shape index (κ2) is 5.63. The Kier molecular flexibility index (Phi) is 4.09. The van der Waals surface area contributed by atoms with Crippen molar-refractivity contribution in [3.05, 3.63) is 35.4 Å². The average Bonchev–Trinajstić information content (AvgIpc) is 2.42. The molecule has 1 fully saturated rings. The van der Waals surface area contributed by atoms with Crippen LogP contribution in [0, 0.1) is 0 Å². The molecule has 2 rings (SSSR count). The van der Waals surface area contributed by atoms with Gasteiger partial charge in [-0.3, -0.25) is 9.59 Å². The van der Waals surface area contributed by atoms with Gasteiger partial charge in [0.2, 0.25) is 5.91 Å². The average molecular weight is 275 g/mol. The highest BCUT2D eigenvalue weighted by molar-refractivity contribution is 5.99. The molecule has 5 nitrogen and oxygen atoms in total. The summed E-state index contributed by atoms with van der Waals surface area (Å²) in [5.74, 6) is -0.221. The fourth-order valence-electron chi connectivity index (χ4n) is 2.39. The molecule has 20 heavy (non-hydrogen) atoms. The van der Waals surface area contributed by atoms with E-state index in [1.807, 2.05) is 12.1 Å². The molecular weight excluding hydrogens is 254 g/mol. The van der Waals surface area contributed by atoms with Crippen LogP contribution in [0.1, 0.15) is 29.8 Å². The maximum Gasteiger partial charge on any atom is 0.254 e. The predicted octanol–water partition coefficient (Wildman–Crippen LogP) is 0.538. The lowest BCUT2D eigenvalue weighted by molar-refractivity contribution is -0.133. The Balaban J connectivity index is 2.20. The van der Waals surface area contributed by atoms with Crippen molar-refractivity contribution in [2.45, 2.75) is 25.8 Å². The fourth-order valence-corrected chi connectivity index (χ4v) is 2.39. The first kappa shape index (κ1) is 14.5. The largest absolute Gasteiger partial charge is 0.352 e. The van der Waals surface area contributed by atoms with Gasteiger partial charge in [0, 0.05) is 18.7 Å². The fraction of sp³-hybridized carbons (Fsp3) is 0.467. The van der Waals surface area contributed by atoms with Crippen LogP contribution in [-0.2, 0) is 11.2 Å². The summed E-state index contributed by atoms with van der Waals surface area (Å²) in [6.07, 6.45) is 0.798. The van der Waals surface area contributed by atoms with Gasteiger partial charge < -0.3 is 16.0 Å². The molecule has 0 bridgehead atoms. The van der Waals surface area contributed by atoms with Crippen molar-refractivity contribution >= 4 is 11.8 Å². The first-order valence-electron chi connectivity index (χ1n) is 6.86. The van der Waals surface area contributed by atoms with Crippen LogP contribution in [0.2, 0.25) is 0 Å². The Hall–Kier alpha value is -1.88. The zero-order valence-corrected chi connectivity index (χ0v) is 12.0. The first-order chi connectivity index (χ1) is 9.46. The zero-order chi connectivity index (χ0) is 14.8. The number of carbonyl (C=O) groups is 2. The molecule has 0 spiro atoms. The van der Waals surface area contributed by atoms with Crippen LogP contribution < -0.4 is 11.1 Å². The molecule has 108 valence electrons. The summed E-state index contributed by atoms with van der Waals surface area (Å²) in [6, 6.07) is 7.43. The number of hydrogen-bond donors (Lipinski definition) is 2. The number of amides is 2. The van der Waals surface area contributed by atoms with E-state index in [1.54, 1.807) is 30.9 Å². The lowest BCUT2D eigenvalue weighted by atomic mass is 9.97. The normalized spacial score (nSPS) is 17.8. The molecule has 5 heteroatoms. The number of piperazine rings is 1. The van der Waals surface area contributed by atoms with Crippen molar-refractivity contribution in [1.29, 1.82) is 0 Å². The van der Waals surface area contributed by atoms with Gasteiger partial charge in [0.05, 0.1) is 0 Å². The molecule has 0 aromatic heterocycles. The summed E-state index contributed by atoms with van der Waals surface area (Å²) in [5.41, 5.74) is 6.41. The van der Waals surface area contributed by atoms with Crippen LogP contribution >= 0.6 is 0 Å². The Morgan fingerprint density at radius 2 is 2.00 bits per heavy atom.